The fourth-order valence-electron chi connectivity index (χ4n) is 4.03. The maximum atomic E-state index is 12.4. The van der Waals surface area contributed by atoms with Crippen LogP contribution in [-0.4, -0.2) is 30.4 Å². The topological polar surface area (TPSA) is 90.7 Å². The first kappa shape index (κ1) is 25.0. The minimum Gasteiger partial charge on any atom is -0.465 e. The van der Waals surface area contributed by atoms with E-state index in [2.05, 4.69) is 23.6 Å². The van der Waals surface area contributed by atoms with Gasteiger partial charge in [-0.25, -0.2) is 4.79 Å². The van der Waals surface area contributed by atoms with Gasteiger partial charge in [-0.05, 0) is 49.0 Å². The molecule has 1 aromatic heterocycles. The third-order valence-electron chi connectivity index (χ3n) is 6.41. The van der Waals surface area contributed by atoms with E-state index >= 15 is 0 Å². The monoisotopic (exact) mass is 486 g/mol. The Hall–Kier alpha value is -4.13. The van der Waals surface area contributed by atoms with Crippen molar-refractivity contribution in [2.45, 2.75) is 38.7 Å². The predicted octanol–water partition coefficient (Wildman–Crippen LogP) is 5.88. The minimum atomic E-state index is -0.556. The zero-order chi connectivity index (χ0) is 25.7. The number of ether oxygens (including phenoxy) is 2. The van der Waals surface area contributed by atoms with Gasteiger partial charge in [0, 0.05) is 12.1 Å². The highest BCUT2D eigenvalue weighted by molar-refractivity contribution is 5.87. The van der Waals surface area contributed by atoms with Gasteiger partial charge in [0.05, 0.1) is 23.3 Å². The Balaban J connectivity index is 1.44. The molecule has 0 radical (unpaired) electrons. The summed E-state index contributed by atoms with van der Waals surface area (Å²) >= 11 is 0. The predicted molar refractivity (Wildman–Crippen MR) is 137 cm³/mol. The Morgan fingerprint density at radius 2 is 1.67 bits per heavy atom. The second-order valence-electron chi connectivity index (χ2n) is 8.82. The standard InChI is InChI=1S/C29H30N2O5/c1-5-19(3)17-30-28(33)35-18-25-20(4)31-36-26(25)23-9-7-21(8-10-23)22-11-13-24(14-12-22)29(15-16-29)27(32)34-6-2/h5,7-14H,1,3,6,15-18H2,2,4H3,(H,30,33). The molecule has 0 atom stereocenters. The Labute approximate surface area is 210 Å². The highest BCUT2D eigenvalue weighted by Gasteiger charge is 2.52. The van der Waals surface area contributed by atoms with Gasteiger partial charge in [0.1, 0.15) is 6.61 Å². The molecule has 1 aliphatic rings. The van der Waals surface area contributed by atoms with Crippen LogP contribution >= 0.6 is 0 Å². The van der Waals surface area contributed by atoms with Crippen LogP contribution in [0.25, 0.3) is 22.5 Å². The molecule has 3 aromatic rings. The molecule has 0 bridgehead atoms. The molecule has 1 N–H and O–H groups in total. The van der Waals surface area contributed by atoms with E-state index in [9.17, 15) is 9.59 Å². The van der Waals surface area contributed by atoms with Crippen LogP contribution < -0.4 is 5.32 Å². The van der Waals surface area contributed by atoms with Crippen LogP contribution in [0.5, 0.6) is 0 Å². The third-order valence-corrected chi connectivity index (χ3v) is 6.41. The van der Waals surface area contributed by atoms with E-state index in [1.165, 1.54) is 0 Å². The third kappa shape index (κ3) is 5.25. The molecule has 186 valence electrons. The van der Waals surface area contributed by atoms with E-state index < -0.39 is 11.5 Å². The van der Waals surface area contributed by atoms with Crippen LogP contribution in [0.4, 0.5) is 4.79 Å². The number of nitrogens with zero attached hydrogens (tertiary/aromatic N) is 1. The summed E-state index contributed by atoms with van der Waals surface area (Å²) < 4.78 is 16.1. The molecule has 2 aromatic carbocycles. The Kier molecular flexibility index (Phi) is 7.38. The second kappa shape index (κ2) is 10.6. The number of amides is 1. The van der Waals surface area contributed by atoms with E-state index in [-0.39, 0.29) is 19.1 Å². The number of hydrogen-bond acceptors (Lipinski definition) is 6. The number of esters is 1. The Morgan fingerprint density at radius 1 is 1.06 bits per heavy atom. The molecule has 7 nitrogen and oxygen atoms in total. The summed E-state index contributed by atoms with van der Waals surface area (Å²) in [6, 6.07) is 16.0. The molecule has 0 saturated heterocycles. The molecule has 1 amide bonds. The van der Waals surface area contributed by atoms with Crippen LogP contribution in [-0.2, 0) is 26.3 Å². The zero-order valence-electron chi connectivity index (χ0n) is 20.6. The van der Waals surface area contributed by atoms with Gasteiger partial charge in [-0.2, -0.15) is 0 Å². The van der Waals surface area contributed by atoms with Crippen molar-refractivity contribution in [1.82, 2.24) is 10.5 Å². The van der Waals surface area contributed by atoms with Crippen molar-refractivity contribution in [3.63, 3.8) is 0 Å². The van der Waals surface area contributed by atoms with E-state index in [0.29, 0.717) is 29.2 Å². The highest BCUT2D eigenvalue weighted by Crippen LogP contribution is 2.49. The molecular weight excluding hydrogens is 456 g/mol. The van der Waals surface area contributed by atoms with Crippen molar-refractivity contribution in [2.24, 2.45) is 0 Å². The first-order chi connectivity index (χ1) is 17.4. The van der Waals surface area contributed by atoms with Gasteiger partial charge in [-0.15, -0.1) is 0 Å². The smallest absolute Gasteiger partial charge is 0.407 e. The Morgan fingerprint density at radius 3 is 2.25 bits per heavy atom. The van der Waals surface area contributed by atoms with Gasteiger partial charge in [-0.1, -0.05) is 72.9 Å². The summed E-state index contributed by atoms with van der Waals surface area (Å²) in [5, 5.41) is 6.67. The van der Waals surface area contributed by atoms with Crippen LogP contribution in [0, 0.1) is 6.92 Å². The number of nitrogens with one attached hydrogen (secondary N) is 1. The summed E-state index contributed by atoms with van der Waals surface area (Å²) in [4.78, 5) is 24.4. The number of alkyl carbamates (subject to hydrolysis) is 1. The van der Waals surface area contributed by atoms with Crippen molar-refractivity contribution in [3.05, 3.63) is 90.2 Å². The van der Waals surface area contributed by atoms with E-state index in [4.69, 9.17) is 14.0 Å². The molecule has 0 spiro atoms. The molecule has 0 aliphatic heterocycles. The average molecular weight is 487 g/mol. The largest absolute Gasteiger partial charge is 0.465 e. The van der Waals surface area contributed by atoms with Gasteiger partial charge in [-0.3, -0.25) is 4.79 Å². The molecule has 4 rings (SSSR count). The maximum Gasteiger partial charge on any atom is 0.407 e. The number of benzene rings is 2. The lowest BCUT2D eigenvalue weighted by Gasteiger charge is -2.14. The summed E-state index contributed by atoms with van der Waals surface area (Å²) in [7, 11) is 0. The minimum absolute atomic E-state index is 0.0303. The molecule has 7 heteroatoms. The quantitative estimate of drug-likeness (QED) is 0.284. The summed E-state index contributed by atoms with van der Waals surface area (Å²) in [5.41, 5.74) is 5.48. The number of carbonyl (C=O) groups excluding carboxylic acids is 2. The van der Waals surface area contributed by atoms with Crippen molar-refractivity contribution in [2.75, 3.05) is 13.2 Å². The molecule has 1 saturated carbocycles. The number of aryl methyl sites for hydroxylation is 1. The van der Waals surface area contributed by atoms with Crippen LogP contribution in [0.1, 0.15) is 36.6 Å². The van der Waals surface area contributed by atoms with Crippen LogP contribution in [0.2, 0.25) is 0 Å². The summed E-state index contributed by atoms with van der Waals surface area (Å²) in [5.74, 6) is 0.423. The summed E-state index contributed by atoms with van der Waals surface area (Å²) in [6.45, 7) is 11.7. The van der Waals surface area contributed by atoms with Gasteiger partial charge >= 0.3 is 12.1 Å². The second-order valence-corrected chi connectivity index (χ2v) is 8.82. The van der Waals surface area contributed by atoms with Gasteiger partial charge in [0.25, 0.3) is 0 Å². The van der Waals surface area contributed by atoms with E-state index in [1.54, 1.807) is 6.08 Å². The lowest BCUT2D eigenvalue weighted by Crippen LogP contribution is -2.25. The number of carbonyl (C=O) groups is 2. The number of aromatic nitrogens is 1. The Bertz CT molecular complexity index is 1270. The lowest BCUT2D eigenvalue weighted by atomic mass is 9.93. The fraction of sp³-hybridized carbons (Fsp3) is 0.276. The molecule has 1 fully saturated rings. The molecule has 36 heavy (non-hydrogen) atoms. The SMILES string of the molecule is C=CC(=C)CNC(=O)OCc1c(C)noc1-c1ccc(-c2ccc(C3(C(=O)OCC)CC3)cc2)cc1. The van der Waals surface area contributed by atoms with Crippen molar-refractivity contribution >= 4 is 12.1 Å². The molecule has 0 unspecified atom stereocenters. The van der Waals surface area contributed by atoms with Crippen molar-refractivity contribution < 1.29 is 23.6 Å². The molecule has 1 heterocycles. The molecule has 1 aliphatic carbocycles. The van der Waals surface area contributed by atoms with Crippen molar-refractivity contribution in [1.29, 1.82) is 0 Å². The number of hydrogen-bond donors (Lipinski definition) is 1. The molecular formula is C29H30N2O5. The zero-order valence-corrected chi connectivity index (χ0v) is 20.6. The lowest BCUT2D eigenvalue weighted by molar-refractivity contribution is -0.146. The van der Waals surface area contributed by atoms with E-state index in [0.717, 1.165) is 35.1 Å². The van der Waals surface area contributed by atoms with Gasteiger partial charge in [0.15, 0.2) is 5.76 Å². The first-order valence-corrected chi connectivity index (χ1v) is 11.9. The number of rotatable bonds is 10. The van der Waals surface area contributed by atoms with Crippen LogP contribution in [0.3, 0.4) is 0 Å². The summed E-state index contributed by atoms with van der Waals surface area (Å²) in [6.07, 6.45) is 2.68. The van der Waals surface area contributed by atoms with E-state index in [1.807, 2.05) is 62.4 Å². The maximum absolute atomic E-state index is 12.4. The van der Waals surface area contributed by atoms with Gasteiger partial charge in [0.2, 0.25) is 0 Å². The average Bonchev–Trinajstić information content (AvgIpc) is 3.64. The first-order valence-electron chi connectivity index (χ1n) is 11.9. The van der Waals surface area contributed by atoms with Gasteiger partial charge < -0.3 is 19.3 Å². The van der Waals surface area contributed by atoms with Crippen LogP contribution in [0.15, 0.2) is 77.9 Å². The van der Waals surface area contributed by atoms with Crippen molar-refractivity contribution in [3.8, 4) is 22.5 Å². The fourth-order valence-corrected chi connectivity index (χ4v) is 4.03. The highest BCUT2D eigenvalue weighted by atomic mass is 16.5. The normalized spacial score (nSPS) is 13.5.